The summed E-state index contributed by atoms with van der Waals surface area (Å²) in [6.45, 7) is 15.8. The van der Waals surface area contributed by atoms with Crippen molar-refractivity contribution >= 4 is 0 Å². The summed E-state index contributed by atoms with van der Waals surface area (Å²) in [6.07, 6.45) is 7.36. The molecule has 0 radical (unpaired) electrons. The van der Waals surface area contributed by atoms with E-state index in [0.717, 1.165) is 6.42 Å². The average molecular weight is 250 g/mol. The van der Waals surface area contributed by atoms with Gasteiger partial charge >= 0.3 is 0 Å². The van der Waals surface area contributed by atoms with Gasteiger partial charge in [0.15, 0.2) is 0 Å². The van der Waals surface area contributed by atoms with Crippen LogP contribution in [-0.2, 0) is 0 Å². The Hall–Kier alpha value is -0.600. The Morgan fingerprint density at radius 2 is 1.67 bits per heavy atom. The quantitative estimate of drug-likeness (QED) is 0.805. The molecular weight excluding hydrogens is 220 g/mol. The number of rotatable bonds is 3. The largest absolute Gasteiger partial charge is 0.324 e. The SMILES string of the molecule is CC(C)(C)NC(C)(C)C(C)(C)C1=CC=CC(N)C1. The molecule has 0 amide bonds. The van der Waals surface area contributed by atoms with Gasteiger partial charge < -0.3 is 11.1 Å². The van der Waals surface area contributed by atoms with Crippen LogP contribution in [0.25, 0.3) is 0 Å². The van der Waals surface area contributed by atoms with Gasteiger partial charge in [0.2, 0.25) is 0 Å². The molecular formula is C16H30N2. The van der Waals surface area contributed by atoms with Gasteiger partial charge in [-0.1, -0.05) is 37.6 Å². The summed E-state index contributed by atoms with van der Waals surface area (Å²) in [4.78, 5) is 0. The zero-order valence-electron chi connectivity index (χ0n) is 13.1. The van der Waals surface area contributed by atoms with E-state index in [2.05, 4.69) is 72.0 Å². The van der Waals surface area contributed by atoms with E-state index in [-0.39, 0.29) is 22.5 Å². The van der Waals surface area contributed by atoms with Crippen molar-refractivity contribution in [3.63, 3.8) is 0 Å². The van der Waals surface area contributed by atoms with Crippen LogP contribution in [0.15, 0.2) is 23.8 Å². The van der Waals surface area contributed by atoms with E-state index in [0.29, 0.717) is 0 Å². The number of nitrogens with two attached hydrogens (primary N) is 1. The topological polar surface area (TPSA) is 38.0 Å². The van der Waals surface area contributed by atoms with E-state index in [4.69, 9.17) is 5.73 Å². The Bertz CT molecular complexity index is 354. The minimum atomic E-state index is 0.0159. The van der Waals surface area contributed by atoms with Crippen molar-refractivity contribution in [3.8, 4) is 0 Å². The number of hydrogen-bond donors (Lipinski definition) is 2. The van der Waals surface area contributed by atoms with E-state index >= 15 is 0 Å². The van der Waals surface area contributed by atoms with Crippen LogP contribution >= 0.6 is 0 Å². The van der Waals surface area contributed by atoms with Gasteiger partial charge in [-0.25, -0.2) is 0 Å². The molecule has 0 aromatic heterocycles. The van der Waals surface area contributed by atoms with Crippen molar-refractivity contribution in [1.82, 2.24) is 5.32 Å². The van der Waals surface area contributed by atoms with Gasteiger partial charge in [0.25, 0.3) is 0 Å². The second-order valence-electron chi connectivity index (χ2n) is 7.57. The predicted molar refractivity (Wildman–Crippen MR) is 80.6 cm³/mol. The van der Waals surface area contributed by atoms with Gasteiger partial charge in [0.05, 0.1) is 0 Å². The van der Waals surface area contributed by atoms with Crippen molar-refractivity contribution < 1.29 is 0 Å². The van der Waals surface area contributed by atoms with Gasteiger partial charge in [0, 0.05) is 22.5 Å². The van der Waals surface area contributed by atoms with E-state index in [9.17, 15) is 0 Å². The molecule has 1 atom stereocenters. The summed E-state index contributed by atoms with van der Waals surface area (Å²) in [5.74, 6) is 0. The van der Waals surface area contributed by atoms with Crippen LogP contribution in [0.2, 0.25) is 0 Å². The molecule has 0 saturated carbocycles. The maximum absolute atomic E-state index is 6.04. The first-order chi connectivity index (χ1) is 7.96. The molecule has 0 bridgehead atoms. The highest BCUT2D eigenvalue weighted by Gasteiger charge is 2.41. The highest BCUT2D eigenvalue weighted by Crippen LogP contribution is 2.41. The first-order valence-corrected chi connectivity index (χ1v) is 6.88. The number of nitrogens with one attached hydrogen (secondary N) is 1. The lowest BCUT2D eigenvalue weighted by molar-refractivity contribution is 0.148. The minimum Gasteiger partial charge on any atom is -0.324 e. The third-order valence-corrected chi connectivity index (χ3v) is 4.16. The lowest BCUT2D eigenvalue weighted by atomic mass is 9.66. The van der Waals surface area contributed by atoms with Crippen molar-refractivity contribution in [2.24, 2.45) is 11.1 Å². The van der Waals surface area contributed by atoms with E-state index in [1.54, 1.807) is 0 Å². The molecule has 0 aromatic rings. The molecule has 2 nitrogen and oxygen atoms in total. The molecule has 0 spiro atoms. The van der Waals surface area contributed by atoms with Crippen LogP contribution in [0, 0.1) is 5.41 Å². The first kappa shape index (κ1) is 15.5. The third kappa shape index (κ3) is 3.46. The standard InChI is InChI=1S/C16H30N2/c1-14(2,3)18-16(6,7)15(4,5)12-9-8-10-13(17)11-12/h8-10,13,18H,11,17H2,1-7H3. The summed E-state index contributed by atoms with van der Waals surface area (Å²) in [5.41, 5.74) is 7.67. The Morgan fingerprint density at radius 1 is 1.11 bits per heavy atom. The fourth-order valence-corrected chi connectivity index (χ4v) is 2.66. The summed E-state index contributed by atoms with van der Waals surface area (Å²) in [6, 6.07) is 0.162. The number of hydrogen-bond acceptors (Lipinski definition) is 2. The Balaban J connectivity index is 2.98. The second-order valence-corrected chi connectivity index (χ2v) is 7.57. The Kier molecular flexibility index (Phi) is 4.14. The molecule has 1 rings (SSSR count). The van der Waals surface area contributed by atoms with Crippen molar-refractivity contribution in [2.75, 3.05) is 0 Å². The van der Waals surface area contributed by atoms with Crippen LogP contribution in [0.5, 0.6) is 0 Å². The summed E-state index contributed by atoms with van der Waals surface area (Å²) in [5, 5.41) is 3.74. The molecule has 3 N–H and O–H groups in total. The molecule has 1 aliphatic carbocycles. The summed E-state index contributed by atoms with van der Waals surface area (Å²) in [7, 11) is 0. The van der Waals surface area contributed by atoms with Gasteiger partial charge in [-0.15, -0.1) is 0 Å². The predicted octanol–water partition coefficient (Wildman–Crippen LogP) is 3.39. The van der Waals surface area contributed by atoms with Crippen molar-refractivity contribution in [2.45, 2.75) is 72.0 Å². The maximum Gasteiger partial charge on any atom is 0.0264 e. The zero-order valence-corrected chi connectivity index (χ0v) is 13.1. The smallest absolute Gasteiger partial charge is 0.0264 e. The van der Waals surface area contributed by atoms with Crippen LogP contribution in [0.3, 0.4) is 0 Å². The lowest BCUT2D eigenvalue weighted by Crippen LogP contribution is -2.59. The molecule has 1 aliphatic rings. The molecule has 104 valence electrons. The first-order valence-electron chi connectivity index (χ1n) is 6.88. The molecule has 0 aromatic carbocycles. The second kappa shape index (κ2) is 4.82. The van der Waals surface area contributed by atoms with Gasteiger partial charge in [0.1, 0.15) is 0 Å². The van der Waals surface area contributed by atoms with Crippen LogP contribution in [0.4, 0.5) is 0 Å². The maximum atomic E-state index is 6.04. The van der Waals surface area contributed by atoms with Gasteiger partial charge in [-0.05, 0) is 41.0 Å². The molecule has 2 heteroatoms. The molecule has 0 fully saturated rings. The highest BCUT2D eigenvalue weighted by molar-refractivity contribution is 5.29. The van der Waals surface area contributed by atoms with Gasteiger partial charge in [-0.2, -0.15) is 0 Å². The van der Waals surface area contributed by atoms with Crippen LogP contribution < -0.4 is 11.1 Å². The fraction of sp³-hybridized carbons (Fsp3) is 0.750. The highest BCUT2D eigenvalue weighted by atomic mass is 15.0. The van der Waals surface area contributed by atoms with Crippen LogP contribution in [-0.4, -0.2) is 17.1 Å². The Labute approximate surface area is 113 Å². The molecule has 0 saturated heterocycles. The fourth-order valence-electron chi connectivity index (χ4n) is 2.66. The summed E-state index contributed by atoms with van der Waals surface area (Å²) >= 11 is 0. The monoisotopic (exact) mass is 250 g/mol. The molecule has 18 heavy (non-hydrogen) atoms. The molecule has 0 heterocycles. The van der Waals surface area contributed by atoms with Gasteiger partial charge in [-0.3, -0.25) is 0 Å². The third-order valence-electron chi connectivity index (χ3n) is 4.16. The summed E-state index contributed by atoms with van der Waals surface area (Å²) < 4.78 is 0. The van der Waals surface area contributed by atoms with E-state index in [1.807, 2.05) is 0 Å². The van der Waals surface area contributed by atoms with E-state index in [1.165, 1.54) is 5.57 Å². The normalized spacial score (nSPS) is 22.0. The minimum absolute atomic E-state index is 0.0159. The van der Waals surface area contributed by atoms with E-state index < -0.39 is 0 Å². The van der Waals surface area contributed by atoms with Crippen molar-refractivity contribution in [3.05, 3.63) is 23.8 Å². The lowest BCUT2D eigenvalue weighted by Gasteiger charge is -2.48. The zero-order chi connectivity index (χ0) is 14.2. The Morgan fingerprint density at radius 3 is 2.11 bits per heavy atom. The van der Waals surface area contributed by atoms with Crippen LogP contribution in [0.1, 0.15) is 54.9 Å². The molecule has 0 aliphatic heterocycles. The molecule has 1 unspecified atom stereocenters. The number of allylic oxidation sites excluding steroid dienone is 2. The van der Waals surface area contributed by atoms with Crippen molar-refractivity contribution in [1.29, 1.82) is 0 Å². The average Bonchev–Trinajstić information content (AvgIpc) is 2.13.